The summed E-state index contributed by atoms with van der Waals surface area (Å²) in [4.78, 5) is 8.41. The Labute approximate surface area is 95.4 Å². The normalized spacial score (nSPS) is 18.9. The summed E-state index contributed by atoms with van der Waals surface area (Å²) in [5, 5.41) is 3.31. The minimum Gasteiger partial charge on any atom is -0.481 e. The van der Waals surface area contributed by atoms with Crippen LogP contribution in [0.15, 0.2) is 12.3 Å². The highest BCUT2D eigenvalue weighted by atomic mass is 16.5. The minimum atomic E-state index is -0.105. The monoisotopic (exact) mass is 222 g/mol. The van der Waals surface area contributed by atoms with E-state index in [1.54, 1.807) is 19.4 Å². The summed E-state index contributed by atoms with van der Waals surface area (Å²) in [6.45, 7) is 2.70. The Balaban J connectivity index is 2.12. The van der Waals surface area contributed by atoms with Crippen LogP contribution in [0, 0.1) is 5.92 Å². The Morgan fingerprint density at radius 1 is 1.62 bits per heavy atom. The Morgan fingerprint density at radius 3 is 2.94 bits per heavy atom. The molecule has 0 spiro atoms. The van der Waals surface area contributed by atoms with Gasteiger partial charge in [0.1, 0.15) is 0 Å². The molecule has 88 valence electrons. The number of aromatic nitrogens is 2. The number of hydrogen-bond acceptors (Lipinski definition) is 5. The lowest BCUT2D eigenvalue weighted by Crippen LogP contribution is -2.45. The van der Waals surface area contributed by atoms with Crippen molar-refractivity contribution in [3.63, 3.8) is 0 Å². The van der Waals surface area contributed by atoms with Gasteiger partial charge in [0, 0.05) is 18.8 Å². The fourth-order valence-electron chi connectivity index (χ4n) is 1.81. The van der Waals surface area contributed by atoms with Crippen LogP contribution in [-0.2, 0) is 0 Å². The Kier molecular flexibility index (Phi) is 2.96. The van der Waals surface area contributed by atoms with Crippen LogP contribution in [0.1, 0.15) is 19.8 Å². The zero-order chi connectivity index (χ0) is 11.6. The van der Waals surface area contributed by atoms with Gasteiger partial charge in [-0.1, -0.05) is 0 Å². The van der Waals surface area contributed by atoms with Crippen molar-refractivity contribution in [3.8, 4) is 5.88 Å². The number of anilines is 1. The lowest BCUT2D eigenvalue weighted by Gasteiger charge is -2.29. The molecule has 1 aliphatic rings. The van der Waals surface area contributed by atoms with Crippen LogP contribution in [-0.4, -0.2) is 29.2 Å². The van der Waals surface area contributed by atoms with Gasteiger partial charge in [-0.05, 0) is 25.7 Å². The molecule has 0 amide bonds. The maximum Gasteiger partial charge on any atom is 0.226 e. The molecule has 1 aromatic heterocycles. The molecular weight excluding hydrogens is 204 g/mol. The third kappa shape index (κ3) is 2.24. The molecule has 3 N–H and O–H groups in total. The number of hydrogen-bond donors (Lipinski definition) is 2. The summed E-state index contributed by atoms with van der Waals surface area (Å²) in [7, 11) is 1.59. The molecule has 1 saturated carbocycles. The Bertz CT molecular complexity index is 367. The van der Waals surface area contributed by atoms with Crippen molar-refractivity contribution < 1.29 is 4.74 Å². The zero-order valence-corrected chi connectivity index (χ0v) is 9.73. The second-order valence-corrected chi connectivity index (χ2v) is 4.44. The van der Waals surface area contributed by atoms with E-state index in [0.29, 0.717) is 24.3 Å². The molecule has 2 rings (SSSR count). The van der Waals surface area contributed by atoms with Crippen LogP contribution in [0.25, 0.3) is 0 Å². The highest BCUT2D eigenvalue weighted by Crippen LogP contribution is 2.40. The minimum absolute atomic E-state index is 0.105. The second kappa shape index (κ2) is 4.25. The van der Waals surface area contributed by atoms with Crippen molar-refractivity contribution in [2.45, 2.75) is 25.3 Å². The van der Waals surface area contributed by atoms with E-state index in [0.717, 1.165) is 0 Å². The van der Waals surface area contributed by atoms with Gasteiger partial charge in [-0.25, -0.2) is 4.98 Å². The van der Waals surface area contributed by atoms with Gasteiger partial charge < -0.3 is 15.8 Å². The maximum atomic E-state index is 5.82. The molecule has 5 nitrogen and oxygen atoms in total. The van der Waals surface area contributed by atoms with Crippen LogP contribution in [0.5, 0.6) is 5.88 Å². The smallest absolute Gasteiger partial charge is 0.226 e. The van der Waals surface area contributed by atoms with Crippen LogP contribution in [0.4, 0.5) is 5.95 Å². The number of methoxy groups -OCH3 is 1. The summed E-state index contributed by atoms with van der Waals surface area (Å²) in [6, 6.07) is 1.72. The lowest BCUT2D eigenvalue weighted by atomic mass is 9.96. The predicted molar refractivity (Wildman–Crippen MR) is 62.4 cm³/mol. The summed E-state index contributed by atoms with van der Waals surface area (Å²) in [6.07, 6.45) is 4.13. The molecular formula is C11H18N4O. The van der Waals surface area contributed by atoms with Gasteiger partial charge in [0.05, 0.1) is 12.6 Å². The van der Waals surface area contributed by atoms with Gasteiger partial charge in [0.25, 0.3) is 0 Å². The van der Waals surface area contributed by atoms with Gasteiger partial charge in [-0.2, -0.15) is 4.98 Å². The molecule has 0 bridgehead atoms. The van der Waals surface area contributed by atoms with Gasteiger partial charge in [-0.15, -0.1) is 0 Å². The number of ether oxygens (including phenoxy) is 1. The maximum absolute atomic E-state index is 5.82. The standard InChI is InChI=1S/C11H18N4O/c1-11(7-12,8-3-4-8)15-10-13-6-5-9(14-10)16-2/h5-6,8H,3-4,7,12H2,1-2H3,(H,13,14,15). The van der Waals surface area contributed by atoms with Crippen LogP contribution in [0.2, 0.25) is 0 Å². The topological polar surface area (TPSA) is 73.1 Å². The third-order valence-electron chi connectivity index (χ3n) is 3.14. The Morgan fingerprint density at radius 2 is 2.38 bits per heavy atom. The van der Waals surface area contributed by atoms with E-state index in [-0.39, 0.29) is 5.54 Å². The number of rotatable bonds is 5. The molecule has 0 aliphatic heterocycles. The van der Waals surface area contributed by atoms with E-state index in [1.807, 2.05) is 0 Å². The van der Waals surface area contributed by atoms with E-state index < -0.39 is 0 Å². The molecule has 0 aromatic carbocycles. The van der Waals surface area contributed by atoms with E-state index in [4.69, 9.17) is 10.5 Å². The largest absolute Gasteiger partial charge is 0.481 e. The van der Waals surface area contributed by atoms with Crippen molar-refractivity contribution in [3.05, 3.63) is 12.3 Å². The first-order chi connectivity index (χ1) is 7.68. The first-order valence-electron chi connectivity index (χ1n) is 5.53. The predicted octanol–water partition coefficient (Wildman–Crippen LogP) is 1.02. The molecule has 1 atom stereocenters. The quantitative estimate of drug-likeness (QED) is 0.778. The lowest BCUT2D eigenvalue weighted by molar-refractivity contribution is 0.395. The third-order valence-corrected chi connectivity index (χ3v) is 3.14. The van der Waals surface area contributed by atoms with Gasteiger partial charge >= 0.3 is 0 Å². The summed E-state index contributed by atoms with van der Waals surface area (Å²) in [5.74, 6) is 1.78. The van der Waals surface area contributed by atoms with E-state index in [9.17, 15) is 0 Å². The van der Waals surface area contributed by atoms with E-state index >= 15 is 0 Å². The SMILES string of the molecule is COc1ccnc(NC(C)(CN)C2CC2)n1. The number of nitrogens with zero attached hydrogens (tertiary/aromatic N) is 2. The average molecular weight is 222 g/mol. The number of nitrogens with two attached hydrogens (primary N) is 1. The first kappa shape index (κ1) is 11.1. The zero-order valence-electron chi connectivity index (χ0n) is 9.73. The number of nitrogens with one attached hydrogen (secondary N) is 1. The van der Waals surface area contributed by atoms with Crippen molar-refractivity contribution in [1.29, 1.82) is 0 Å². The molecule has 1 fully saturated rings. The van der Waals surface area contributed by atoms with Crippen molar-refractivity contribution in [2.75, 3.05) is 19.0 Å². The fourth-order valence-corrected chi connectivity index (χ4v) is 1.81. The van der Waals surface area contributed by atoms with Crippen LogP contribution >= 0.6 is 0 Å². The second-order valence-electron chi connectivity index (χ2n) is 4.44. The van der Waals surface area contributed by atoms with Gasteiger partial charge in [0.2, 0.25) is 11.8 Å². The summed E-state index contributed by atoms with van der Waals surface area (Å²) in [5.41, 5.74) is 5.71. The highest BCUT2D eigenvalue weighted by molar-refractivity contribution is 5.33. The highest BCUT2D eigenvalue weighted by Gasteiger charge is 2.41. The van der Waals surface area contributed by atoms with Crippen molar-refractivity contribution in [1.82, 2.24) is 9.97 Å². The molecule has 16 heavy (non-hydrogen) atoms. The molecule has 1 aromatic rings. The molecule has 5 heteroatoms. The molecule has 1 heterocycles. The fraction of sp³-hybridized carbons (Fsp3) is 0.636. The van der Waals surface area contributed by atoms with Crippen molar-refractivity contribution in [2.24, 2.45) is 11.7 Å². The average Bonchev–Trinajstić information content (AvgIpc) is 3.13. The molecule has 1 aliphatic carbocycles. The molecule has 1 unspecified atom stereocenters. The van der Waals surface area contributed by atoms with E-state index in [1.165, 1.54) is 12.8 Å². The summed E-state index contributed by atoms with van der Waals surface area (Å²) >= 11 is 0. The van der Waals surface area contributed by atoms with Crippen LogP contribution in [0.3, 0.4) is 0 Å². The first-order valence-corrected chi connectivity index (χ1v) is 5.53. The van der Waals surface area contributed by atoms with Gasteiger partial charge in [-0.3, -0.25) is 0 Å². The van der Waals surface area contributed by atoms with E-state index in [2.05, 4.69) is 22.2 Å². The van der Waals surface area contributed by atoms with Gasteiger partial charge in [0.15, 0.2) is 0 Å². The van der Waals surface area contributed by atoms with Crippen molar-refractivity contribution >= 4 is 5.95 Å². The Hall–Kier alpha value is -1.36. The summed E-state index contributed by atoms with van der Waals surface area (Å²) < 4.78 is 5.06. The van der Waals surface area contributed by atoms with Crippen LogP contribution < -0.4 is 15.8 Å². The molecule has 0 radical (unpaired) electrons. The molecule has 0 saturated heterocycles.